The average molecular weight is 456 g/mol. The second kappa shape index (κ2) is 11.3. The van der Waals surface area contributed by atoms with Crippen LogP contribution in [-0.4, -0.2) is 67.7 Å². The minimum absolute atomic E-state index is 0.00267. The molecule has 2 unspecified atom stereocenters. The molecule has 2 aliphatic rings. The highest BCUT2D eigenvalue weighted by molar-refractivity contribution is 6.30. The second-order valence-corrected chi connectivity index (χ2v) is 9.43. The molecule has 32 heavy (non-hydrogen) atoms. The first kappa shape index (κ1) is 23.2. The van der Waals surface area contributed by atoms with E-state index in [0.717, 1.165) is 37.7 Å². The smallest absolute Gasteiger partial charge is 0.246 e. The molecule has 172 valence electrons. The molecule has 1 aliphatic heterocycles. The average Bonchev–Trinajstić information content (AvgIpc) is 3.66. The first-order valence-electron chi connectivity index (χ1n) is 11.7. The number of halogens is 1. The molecule has 6 heteroatoms. The van der Waals surface area contributed by atoms with Crippen LogP contribution in [0.2, 0.25) is 5.02 Å². The Morgan fingerprint density at radius 2 is 1.69 bits per heavy atom. The third-order valence-corrected chi connectivity index (χ3v) is 6.83. The number of nitrogens with zero attached hydrogens (tertiary/aromatic N) is 2. The van der Waals surface area contributed by atoms with E-state index >= 15 is 0 Å². The number of hydrogen-bond acceptors (Lipinski definition) is 4. The Morgan fingerprint density at radius 3 is 2.34 bits per heavy atom. The summed E-state index contributed by atoms with van der Waals surface area (Å²) in [6.07, 6.45) is 2.47. The standard InChI is InChI=1S/C26H34ClN3O2/c1-20(21-7-8-21)28-25(31)19-32-18-17-29-13-15-30(16-14-29)26(22-5-3-2-4-6-22)23-9-11-24(27)12-10-23/h2-6,9-12,20-21,26H,7-8,13-19H2,1H3,(H,28,31). The monoisotopic (exact) mass is 455 g/mol. The molecule has 2 atom stereocenters. The molecule has 1 saturated heterocycles. The fourth-order valence-corrected chi connectivity index (χ4v) is 4.63. The van der Waals surface area contributed by atoms with Crippen molar-refractivity contribution in [2.24, 2.45) is 5.92 Å². The topological polar surface area (TPSA) is 44.8 Å². The molecule has 5 nitrogen and oxygen atoms in total. The molecule has 1 aliphatic carbocycles. The van der Waals surface area contributed by atoms with Crippen LogP contribution >= 0.6 is 11.6 Å². The van der Waals surface area contributed by atoms with E-state index in [1.807, 2.05) is 12.1 Å². The summed E-state index contributed by atoms with van der Waals surface area (Å²) in [5.41, 5.74) is 2.57. The third kappa shape index (κ3) is 6.55. The Bertz CT molecular complexity index is 849. The van der Waals surface area contributed by atoms with E-state index < -0.39 is 0 Å². The van der Waals surface area contributed by atoms with Crippen LogP contribution in [0.3, 0.4) is 0 Å². The highest BCUT2D eigenvalue weighted by Crippen LogP contribution is 2.32. The molecule has 1 N–H and O–H groups in total. The van der Waals surface area contributed by atoms with Crippen molar-refractivity contribution in [3.8, 4) is 0 Å². The SMILES string of the molecule is CC(NC(=O)COCCN1CCN(C(c2ccccc2)c2ccc(Cl)cc2)CC1)C1CC1. The van der Waals surface area contributed by atoms with Gasteiger partial charge in [-0.1, -0.05) is 54.1 Å². The number of amides is 1. The molecule has 1 amide bonds. The fraction of sp³-hybridized carbons (Fsp3) is 0.500. The Labute approximate surface area is 196 Å². The number of rotatable bonds is 10. The van der Waals surface area contributed by atoms with E-state index in [4.69, 9.17) is 16.3 Å². The zero-order valence-corrected chi connectivity index (χ0v) is 19.6. The number of carbonyl (C=O) groups excluding carboxylic acids is 1. The molecule has 1 saturated carbocycles. The number of hydrogen-bond donors (Lipinski definition) is 1. The summed E-state index contributed by atoms with van der Waals surface area (Å²) in [6, 6.07) is 19.4. The van der Waals surface area contributed by atoms with Gasteiger partial charge in [0.1, 0.15) is 6.61 Å². The highest BCUT2D eigenvalue weighted by Gasteiger charge is 2.29. The largest absolute Gasteiger partial charge is 0.370 e. The van der Waals surface area contributed by atoms with Gasteiger partial charge in [-0.15, -0.1) is 0 Å². The highest BCUT2D eigenvalue weighted by atomic mass is 35.5. The molecule has 0 bridgehead atoms. The van der Waals surface area contributed by atoms with Crippen molar-refractivity contribution in [2.45, 2.75) is 31.8 Å². The summed E-state index contributed by atoms with van der Waals surface area (Å²) in [5.74, 6) is 0.672. The lowest BCUT2D eigenvalue weighted by Gasteiger charge is -2.39. The van der Waals surface area contributed by atoms with Gasteiger partial charge < -0.3 is 10.1 Å². The predicted molar refractivity (Wildman–Crippen MR) is 129 cm³/mol. The van der Waals surface area contributed by atoms with Crippen LogP contribution in [0.15, 0.2) is 54.6 Å². The fourth-order valence-electron chi connectivity index (χ4n) is 4.51. The number of carbonyl (C=O) groups is 1. The zero-order chi connectivity index (χ0) is 22.3. The molecular formula is C26H34ClN3O2. The summed E-state index contributed by atoms with van der Waals surface area (Å²) >= 11 is 6.13. The molecule has 2 aromatic carbocycles. The van der Waals surface area contributed by atoms with Crippen LogP contribution < -0.4 is 5.32 Å². The van der Waals surface area contributed by atoms with Gasteiger partial charge in [-0.2, -0.15) is 0 Å². The van der Waals surface area contributed by atoms with Crippen molar-refractivity contribution in [3.63, 3.8) is 0 Å². The molecular weight excluding hydrogens is 422 g/mol. The molecule has 0 radical (unpaired) electrons. The second-order valence-electron chi connectivity index (χ2n) is 8.99. The molecule has 2 aromatic rings. The molecule has 4 rings (SSSR count). The lowest BCUT2D eigenvalue weighted by atomic mass is 9.96. The Balaban J connectivity index is 1.24. The van der Waals surface area contributed by atoms with Crippen LogP contribution in [0, 0.1) is 5.92 Å². The van der Waals surface area contributed by atoms with Gasteiger partial charge in [0.15, 0.2) is 0 Å². The van der Waals surface area contributed by atoms with Crippen molar-refractivity contribution in [2.75, 3.05) is 45.9 Å². The van der Waals surface area contributed by atoms with Gasteiger partial charge in [-0.05, 0) is 48.9 Å². The van der Waals surface area contributed by atoms with E-state index in [2.05, 4.69) is 64.5 Å². The van der Waals surface area contributed by atoms with Crippen LogP contribution in [0.1, 0.15) is 36.9 Å². The molecule has 2 fully saturated rings. The number of ether oxygens (including phenoxy) is 1. The quantitative estimate of drug-likeness (QED) is 0.550. The lowest BCUT2D eigenvalue weighted by Crippen LogP contribution is -2.48. The number of benzene rings is 2. The Hall–Kier alpha value is -1.92. The maximum atomic E-state index is 12.0. The van der Waals surface area contributed by atoms with Gasteiger partial charge in [-0.3, -0.25) is 14.6 Å². The van der Waals surface area contributed by atoms with E-state index in [9.17, 15) is 4.79 Å². The van der Waals surface area contributed by atoms with Crippen molar-refractivity contribution in [3.05, 3.63) is 70.7 Å². The maximum absolute atomic E-state index is 12.0. The molecule has 1 heterocycles. The van der Waals surface area contributed by atoms with Crippen LogP contribution in [0.5, 0.6) is 0 Å². The van der Waals surface area contributed by atoms with Gasteiger partial charge >= 0.3 is 0 Å². The molecule has 0 spiro atoms. The predicted octanol–water partition coefficient (Wildman–Crippen LogP) is 3.98. The first-order chi connectivity index (χ1) is 15.6. The summed E-state index contributed by atoms with van der Waals surface area (Å²) in [5, 5.41) is 3.81. The van der Waals surface area contributed by atoms with E-state index in [1.54, 1.807) is 0 Å². The van der Waals surface area contributed by atoms with E-state index in [0.29, 0.717) is 12.5 Å². The van der Waals surface area contributed by atoms with Gasteiger partial charge in [0.25, 0.3) is 0 Å². The summed E-state index contributed by atoms with van der Waals surface area (Å²) in [6.45, 7) is 7.64. The van der Waals surface area contributed by atoms with Crippen LogP contribution in [-0.2, 0) is 9.53 Å². The normalized spacial score (nSPS) is 19.4. The minimum atomic E-state index is 0.00267. The number of piperazine rings is 1. The van der Waals surface area contributed by atoms with Crippen molar-refractivity contribution in [1.82, 2.24) is 15.1 Å². The first-order valence-corrected chi connectivity index (χ1v) is 12.1. The van der Waals surface area contributed by atoms with Crippen LogP contribution in [0.4, 0.5) is 0 Å². The number of nitrogens with one attached hydrogen (secondary N) is 1. The van der Waals surface area contributed by atoms with Crippen molar-refractivity contribution in [1.29, 1.82) is 0 Å². The van der Waals surface area contributed by atoms with Crippen LogP contribution in [0.25, 0.3) is 0 Å². The van der Waals surface area contributed by atoms with Crippen molar-refractivity contribution < 1.29 is 9.53 Å². The van der Waals surface area contributed by atoms with Gasteiger partial charge in [0.2, 0.25) is 5.91 Å². The summed E-state index contributed by atoms with van der Waals surface area (Å²) in [7, 11) is 0. The van der Waals surface area contributed by atoms with Gasteiger partial charge in [0.05, 0.1) is 12.6 Å². The molecule has 0 aromatic heterocycles. The minimum Gasteiger partial charge on any atom is -0.370 e. The van der Waals surface area contributed by atoms with Gasteiger partial charge in [-0.25, -0.2) is 0 Å². The van der Waals surface area contributed by atoms with E-state index in [1.165, 1.54) is 24.0 Å². The Morgan fingerprint density at radius 1 is 1.03 bits per heavy atom. The Kier molecular flexibility index (Phi) is 8.20. The zero-order valence-electron chi connectivity index (χ0n) is 18.9. The summed E-state index contributed by atoms with van der Waals surface area (Å²) < 4.78 is 5.64. The van der Waals surface area contributed by atoms with E-state index in [-0.39, 0.29) is 24.6 Å². The lowest BCUT2D eigenvalue weighted by molar-refractivity contribution is -0.126. The summed E-state index contributed by atoms with van der Waals surface area (Å²) in [4.78, 5) is 16.9. The maximum Gasteiger partial charge on any atom is 0.246 e. The van der Waals surface area contributed by atoms with Gasteiger partial charge in [0, 0.05) is 43.8 Å². The van der Waals surface area contributed by atoms with Crippen molar-refractivity contribution >= 4 is 17.5 Å². The third-order valence-electron chi connectivity index (χ3n) is 6.58.